The smallest absolute Gasteiger partial charge is 0.407 e. The van der Waals surface area contributed by atoms with Crippen molar-refractivity contribution in [2.24, 2.45) is 5.92 Å². The van der Waals surface area contributed by atoms with Gasteiger partial charge in [-0.15, -0.1) is 0 Å². The van der Waals surface area contributed by atoms with Crippen molar-refractivity contribution in [3.8, 4) is 0 Å². The highest BCUT2D eigenvalue weighted by atomic mass is 16.6. The van der Waals surface area contributed by atoms with Crippen molar-refractivity contribution in [1.29, 1.82) is 0 Å². The Bertz CT molecular complexity index is 569. The summed E-state index contributed by atoms with van der Waals surface area (Å²) in [5.41, 5.74) is -0.552. The minimum atomic E-state index is -0.552. The quantitative estimate of drug-likeness (QED) is 0.679. The predicted molar refractivity (Wildman–Crippen MR) is 108 cm³/mol. The monoisotopic (exact) mass is 393 g/mol. The Kier molecular flexibility index (Phi) is 8.33. The van der Waals surface area contributed by atoms with Gasteiger partial charge in [-0.25, -0.2) is 4.79 Å². The fourth-order valence-corrected chi connectivity index (χ4v) is 3.61. The normalized spacial score (nSPS) is 19.0. The van der Waals surface area contributed by atoms with E-state index in [4.69, 9.17) is 4.74 Å². The Morgan fingerprint density at radius 1 is 1.07 bits per heavy atom. The van der Waals surface area contributed by atoms with Gasteiger partial charge >= 0.3 is 6.09 Å². The van der Waals surface area contributed by atoms with E-state index in [0.717, 1.165) is 12.8 Å². The largest absolute Gasteiger partial charge is 0.444 e. The van der Waals surface area contributed by atoms with E-state index in [0.29, 0.717) is 19.0 Å². The molecular formula is C21H35N3O4. The van der Waals surface area contributed by atoms with Gasteiger partial charge in [-0.1, -0.05) is 18.9 Å². The first-order chi connectivity index (χ1) is 13.2. The molecule has 2 aliphatic rings. The van der Waals surface area contributed by atoms with Crippen LogP contribution in [0.2, 0.25) is 0 Å². The van der Waals surface area contributed by atoms with Crippen LogP contribution in [0.1, 0.15) is 65.7 Å². The van der Waals surface area contributed by atoms with Gasteiger partial charge in [-0.05, 0) is 58.4 Å². The molecule has 0 aromatic heterocycles. The highest BCUT2D eigenvalue weighted by Gasteiger charge is 2.23. The SMILES string of the molecule is CC(C)(C)OC(=O)NCCC(=O)NC1CCN(C(=O)/C=C/C2CCCC2)CC1. The number of nitrogens with zero attached hydrogens (tertiary/aromatic N) is 1. The number of carbonyl (C=O) groups is 3. The summed E-state index contributed by atoms with van der Waals surface area (Å²) < 4.78 is 5.13. The standard InChI is InChI=1S/C21H35N3O4/c1-21(2,3)28-20(27)22-13-10-18(25)23-17-11-14-24(15-12-17)19(26)9-8-16-6-4-5-7-16/h8-9,16-17H,4-7,10-15H2,1-3H3,(H,22,27)(H,23,25)/b9-8+. The first-order valence-electron chi connectivity index (χ1n) is 10.5. The molecule has 28 heavy (non-hydrogen) atoms. The van der Waals surface area contributed by atoms with Crippen molar-refractivity contribution in [2.45, 2.75) is 77.4 Å². The molecule has 0 aromatic carbocycles. The van der Waals surface area contributed by atoms with Gasteiger partial charge in [0.2, 0.25) is 11.8 Å². The van der Waals surface area contributed by atoms with Gasteiger partial charge in [0.1, 0.15) is 5.60 Å². The third-order valence-electron chi connectivity index (χ3n) is 5.10. The summed E-state index contributed by atoms with van der Waals surface area (Å²) in [7, 11) is 0. The molecule has 3 amide bonds. The molecule has 0 aromatic rings. The molecule has 158 valence electrons. The number of likely N-dealkylation sites (tertiary alicyclic amines) is 1. The summed E-state index contributed by atoms with van der Waals surface area (Å²) in [6, 6.07) is 0.0805. The second-order valence-corrected chi connectivity index (χ2v) is 8.75. The van der Waals surface area contributed by atoms with Crippen LogP contribution in [0.25, 0.3) is 0 Å². The molecule has 7 nitrogen and oxygen atoms in total. The van der Waals surface area contributed by atoms with E-state index in [-0.39, 0.29) is 30.8 Å². The molecule has 1 saturated heterocycles. The number of hydrogen-bond acceptors (Lipinski definition) is 4. The molecule has 0 atom stereocenters. The number of amides is 3. The van der Waals surface area contributed by atoms with E-state index in [2.05, 4.69) is 16.7 Å². The van der Waals surface area contributed by atoms with Gasteiger partial charge < -0.3 is 20.3 Å². The minimum absolute atomic E-state index is 0.0805. The van der Waals surface area contributed by atoms with Gasteiger partial charge in [0.25, 0.3) is 0 Å². The lowest BCUT2D eigenvalue weighted by atomic mass is 10.0. The first kappa shape index (κ1) is 22.2. The molecule has 0 spiro atoms. The zero-order valence-electron chi connectivity index (χ0n) is 17.5. The molecule has 2 N–H and O–H groups in total. The number of allylic oxidation sites excluding steroid dienone is 1. The van der Waals surface area contributed by atoms with Crippen molar-refractivity contribution in [3.05, 3.63) is 12.2 Å². The lowest BCUT2D eigenvalue weighted by Crippen LogP contribution is -2.46. The second kappa shape index (κ2) is 10.5. The summed E-state index contributed by atoms with van der Waals surface area (Å²) >= 11 is 0. The van der Waals surface area contributed by atoms with Gasteiger partial charge in [0.15, 0.2) is 0 Å². The van der Waals surface area contributed by atoms with E-state index >= 15 is 0 Å². The van der Waals surface area contributed by atoms with E-state index in [1.807, 2.05) is 4.90 Å². The Balaban J connectivity index is 1.60. The molecule has 0 unspecified atom stereocenters. The molecule has 7 heteroatoms. The number of alkyl carbamates (subject to hydrolysis) is 1. The topological polar surface area (TPSA) is 87.7 Å². The molecule has 0 radical (unpaired) electrons. The number of hydrogen-bond donors (Lipinski definition) is 2. The summed E-state index contributed by atoms with van der Waals surface area (Å²) in [6.45, 7) is 6.94. The van der Waals surface area contributed by atoms with Crippen molar-refractivity contribution < 1.29 is 19.1 Å². The van der Waals surface area contributed by atoms with Crippen LogP contribution < -0.4 is 10.6 Å². The maximum absolute atomic E-state index is 12.3. The maximum atomic E-state index is 12.3. The molecule has 2 rings (SSSR count). The van der Waals surface area contributed by atoms with Crippen molar-refractivity contribution in [3.63, 3.8) is 0 Å². The third-order valence-corrected chi connectivity index (χ3v) is 5.10. The average molecular weight is 394 g/mol. The van der Waals surface area contributed by atoms with Crippen LogP contribution in [-0.4, -0.2) is 54.1 Å². The predicted octanol–water partition coefficient (Wildman–Crippen LogP) is 2.75. The molecule has 1 aliphatic heterocycles. The number of carbonyl (C=O) groups excluding carboxylic acids is 3. The fourth-order valence-electron chi connectivity index (χ4n) is 3.61. The van der Waals surface area contributed by atoms with Crippen molar-refractivity contribution >= 4 is 17.9 Å². The zero-order chi connectivity index (χ0) is 20.6. The Hall–Kier alpha value is -2.05. The van der Waals surface area contributed by atoms with Gasteiger partial charge in [0, 0.05) is 32.1 Å². The fraction of sp³-hybridized carbons (Fsp3) is 0.762. The van der Waals surface area contributed by atoms with E-state index in [9.17, 15) is 14.4 Å². The van der Waals surface area contributed by atoms with E-state index in [1.165, 1.54) is 25.7 Å². The van der Waals surface area contributed by atoms with Crippen LogP contribution in [0.15, 0.2) is 12.2 Å². The molecule has 2 fully saturated rings. The second-order valence-electron chi connectivity index (χ2n) is 8.75. The highest BCUT2D eigenvalue weighted by molar-refractivity contribution is 5.87. The van der Waals surface area contributed by atoms with Crippen LogP contribution in [0, 0.1) is 5.92 Å². The van der Waals surface area contributed by atoms with E-state index in [1.54, 1.807) is 26.8 Å². The number of rotatable bonds is 6. The van der Waals surface area contributed by atoms with Crippen molar-refractivity contribution in [2.75, 3.05) is 19.6 Å². The summed E-state index contributed by atoms with van der Waals surface area (Å²) in [5.74, 6) is 0.551. The molecule has 1 heterocycles. The third kappa shape index (κ3) is 8.31. The van der Waals surface area contributed by atoms with Crippen LogP contribution in [0.3, 0.4) is 0 Å². The highest BCUT2D eigenvalue weighted by Crippen LogP contribution is 2.25. The number of nitrogens with one attached hydrogen (secondary N) is 2. The Morgan fingerprint density at radius 2 is 1.71 bits per heavy atom. The molecule has 0 bridgehead atoms. The summed E-state index contributed by atoms with van der Waals surface area (Å²) in [6.07, 6.45) is 9.94. The summed E-state index contributed by atoms with van der Waals surface area (Å²) in [4.78, 5) is 37.8. The minimum Gasteiger partial charge on any atom is -0.444 e. The number of piperidine rings is 1. The van der Waals surface area contributed by atoms with E-state index < -0.39 is 11.7 Å². The van der Waals surface area contributed by atoms with Crippen LogP contribution >= 0.6 is 0 Å². The van der Waals surface area contributed by atoms with Gasteiger partial charge in [-0.3, -0.25) is 9.59 Å². The molecule has 1 saturated carbocycles. The Morgan fingerprint density at radius 3 is 2.32 bits per heavy atom. The maximum Gasteiger partial charge on any atom is 0.407 e. The van der Waals surface area contributed by atoms with Gasteiger partial charge in [0.05, 0.1) is 0 Å². The summed E-state index contributed by atoms with van der Waals surface area (Å²) in [5, 5.41) is 5.57. The lowest BCUT2D eigenvalue weighted by Gasteiger charge is -2.31. The van der Waals surface area contributed by atoms with Crippen LogP contribution in [-0.2, 0) is 14.3 Å². The molecular weight excluding hydrogens is 358 g/mol. The average Bonchev–Trinajstić information content (AvgIpc) is 3.12. The number of ether oxygens (including phenoxy) is 1. The Labute approximate surface area is 168 Å². The zero-order valence-corrected chi connectivity index (χ0v) is 17.5. The molecule has 1 aliphatic carbocycles. The van der Waals surface area contributed by atoms with Crippen LogP contribution in [0.5, 0.6) is 0 Å². The van der Waals surface area contributed by atoms with Crippen molar-refractivity contribution in [1.82, 2.24) is 15.5 Å². The van der Waals surface area contributed by atoms with Gasteiger partial charge in [-0.2, -0.15) is 0 Å². The lowest BCUT2D eigenvalue weighted by molar-refractivity contribution is -0.127. The first-order valence-corrected chi connectivity index (χ1v) is 10.5. The van der Waals surface area contributed by atoms with Crippen LogP contribution in [0.4, 0.5) is 4.79 Å².